The second-order valence-corrected chi connectivity index (χ2v) is 7.26. The molecule has 4 aromatic rings. The molecule has 0 aliphatic heterocycles. The van der Waals surface area contributed by atoms with E-state index in [0.29, 0.717) is 32.5 Å². The summed E-state index contributed by atoms with van der Waals surface area (Å²) in [5.41, 5.74) is 0.606. The molecular formula is C23H16BrNO6. The third kappa shape index (κ3) is 3.89. The van der Waals surface area contributed by atoms with Crippen LogP contribution in [0.15, 0.2) is 74.6 Å². The average Bonchev–Trinajstić information content (AvgIpc) is 2.80. The van der Waals surface area contributed by atoms with E-state index < -0.39 is 11.4 Å². The number of rotatable bonds is 5. The Bertz CT molecular complexity index is 1330. The molecule has 0 atom stereocenters. The molecule has 4 rings (SSSR count). The van der Waals surface area contributed by atoms with Crippen molar-refractivity contribution in [1.82, 2.24) is 4.98 Å². The minimum absolute atomic E-state index is 0.0905. The molecule has 31 heavy (non-hydrogen) atoms. The van der Waals surface area contributed by atoms with Gasteiger partial charge in [-0.05, 0) is 52.3 Å². The molecule has 0 amide bonds. The molecule has 2 heterocycles. The molecule has 0 aliphatic rings. The van der Waals surface area contributed by atoms with E-state index in [4.69, 9.17) is 18.6 Å². The number of hydrogen-bond acceptors (Lipinski definition) is 7. The van der Waals surface area contributed by atoms with Gasteiger partial charge in [0.1, 0.15) is 5.58 Å². The normalized spacial score (nSPS) is 10.7. The van der Waals surface area contributed by atoms with Gasteiger partial charge in [0.05, 0.1) is 29.6 Å². The van der Waals surface area contributed by atoms with Gasteiger partial charge in [0.25, 0.3) is 0 Å². The lowest BCUT2D eigenvalue weighted by Gasteiger charge is -2.14. The number of pyridine rings is 1. The molecule has 8 heteroatoms. The summed E-state index contributed by atoms with van der Waals surface area (Å²) >= 11 is 3.44. The van der Waals surface area contributed by atoms with E-state index in [1.165, 1.54) is 38.7 Å². The smallest absolute Gasteiger partial charge is 0.343 e. The third-order valence-corrected chi connectivity index (χ3v) is 5.15. The average molecular weight is 482 g/mol. The van der Waals surface area contributed by atoms with Crippen LogP contribution in [0.25, 0.3) is 22.3 Å². The number of nitrogens with zero attached hydrogens (tertiary/aromatic N) is 1. The Morgan fingerprint density at radius 3 is 2.45 bits per heavy atom. The van der Waals surface area contributed by atoms with Gasteiger partial charge in [0.2, 0.25) is 11.2 Å². The van der Waals surface area contributed by atoms with Gasteiger partial charge in [0, 0.05) is 18.0 Å². The SMILES string of the molecule is COc1cc(-c2oc3ccccc3c(=O)c2OC(=O)c2ccncc2)cc(Br)c1OC. The van der Waals surface area contributed by atoms with Crippen LogP contribution < -0.4 is 19.6 Å². The van der Waals surface area contributed by atoms with E-state index in [9.17, 15) is 9.59 Å². The highest BCUT2D eigenvalue weighted by atomic mass is 79.9. The summed E-state index contributed by atoms with van der Waals surface area (Å²) in [6, 6.07) is 13.1. The van der Waals surface area contributed by atoms with Crippen LogP contribution in [0.1, 0.15) is 10.4 Å². The fourth-order valence-corrected chi connectivity index (χ4v) is 3.70. The number of carbonyl (C=O) groups is 1. The summed E-state index contributed by atoms with van der Waals surface area (Å²) in [5, 5.41) is 0.295. The second-order valence-electron chi connectivity index (χ2n) is 6.40. The number of halogens is 1. The number of esters is 1. The Hall–Kier alpha value is -3.65. The molecule has 0 aliphatic carbocycles. The van der Waals surface area contributed by atoms with E-state index >= 15 is 0 Å². The van der Waals surface area contributed by atoms with E-state index in [2.05, 4.69) is 20.9 Å². The van der Waals surface area contributed by atoms with Crippen molar-refractivity contribution in [2.75, 3.05) is 14.2 Å². The van der Waals surface area contributed by atoms with Gasteiger partial charge < -0.3 is 18.6 Å². The maximum atomic E-state index is 13.2. The van der Waals surface area contributed by atoms with Gasteiger partial charge in [-0.3, -0.25) is 9.78 Å². The first-order valence-corrected chi connectivity index (χ1v) is 9.92. The molecule has 0 radical (unpaired) electrons. The molecular weight excluding hydrogens is 466 g/mol. The standard InChI is InChI=1S/C23H16BrNO6/c1-28-18-12-14(11-16(24)21(18)29-2)20-22(31-23(27)13-7-9-25-10-8-13)19(26)15-5-3-4-6-17(15)30-20/h3-12H,1-2H3. The zero-order valence-electron chi connectivity index (χ0n) is 16.5. The largest absolute Gasteiger partial charge is 0.493 e. The molecule has 7 nitrogen and oxygen atoms in total. The molecule has 0 fully saturated rings. The fraction of sp³-hybridized carbons (Fsp3) is 0.0870. The van der Waals surface area contributed by atoms with E-state index in [-0.39, 0.29) is 17.1 Å². The number of ether oxygens (including phenoxy) is 3. The summed E-state index contributed by atoms with van der Waals surface area (Å²) in [5.74, 6) is 0.0528. The Morgan fingerprint density at radius 2 is 1.74 bits per heavy atom. The Balaban J connectivity index is 1.94. The Morgan fingerprint density at radius 1 is 1.00 bits per heavy atom. The van der Waals surface area contributed by atoms with Crippen LogP contribution in [0.5, 0.6) is 17.2 Å². The number of aromatic nitrogens is 1. The monoisotopic (exact) mass is 481 g/mol. The first kappa shape index (κ1) is 20.6. The third-order valence-electron chi connectivity index (χ3n) is 4.56. The number of carbonyl (C=O) groups excluding carboxylic acids is 1. The van der Waals surface area contributed by atoms with Gasteiger partial charge >= 0.3 is 5.97 Å². The second kappa shape index (κ2) is 8.61. The van der Waals surface area contributed by atoms with Crippen molar-refractivity contribution in [3.8, 4) is 28.6 Å². The molecule has 0 bridgehead atoms. The minimum atomic E-state index is -0.703. The fourth-order valence-electron chi connectivity index (χ4n) is 3.10. The lowest BCUT2D eigenvalue weighted by Crippen LogP contribution is -2.16. The lowest BCUT2D eigenvalue weighted by atomic mass is 10.1. The predicted octanol–water partition coefficient (Wildman–Crippen LogP) is 4.85. The van der Waals surface area contributed by atoms with Crippen LogP contribution in [0.4, 0.5) is 0 Å². The van der Waals surface area contributed by atoms with E-state index in [1.54, 1.807) is 36.4 Å². The Labute approximate surface area is 185 Å². The van der Waals surface area contributed by atoms with Crippen LogP contribution in [0.2, 0.25) is 0 Å². The molecule has 2 aromatic heterocycles. The van der Waals surface area contributed by atoms with Crippen molar-refractivity contribution in [3.63, 3.8) is 0 Å². The number of hydrogen-bond donors (Lipinski definition) is 0. The molecule has 0 spiro atoms. The van der Waals surface area contributed by atoms with Gasteiger partial charge in [0.15, 0.2) is 17.3 Å². The highest BCUT2D eigenvalue weighted by Gasteiger charge is 2.23. The van der Waals surface area contributed by atoms with Crippen LogP contribution in [-0.2, 0) is 0 Å². The molecule has 0 N–H and O–H groups in total. The topological polar surface area (TPSA) is 87.9 Å². The van der Waals surface area contributed by atoms with Crippen LogP contribution >= 0.6 is 15.9 Å². The summed E-state index contributed by atoms with van der Waals surface area (Å²) in [6.45, 7) is 0. The Kier molecular flexibility index (Phi) is 5.73. The maximum absolute atomic E-state index is 13.2. The maximum Gasteiger partial charge on any atom is 0.343 e. The van der Waals surface area contributed by atoms with Gasteiger partial charge in [-0.25, -0.2) is 4.79 Å². The van der Waals surface area contributed by atoms with Gasteiger partial charge in [-0.1, -0.05) is 12.1 Å². The van der Waals surface area contributed by atoms with E-state index in [1.807, 2.05) is 0 Å². The predicted molar refractivity (Wildman–Crippen MR) is 118 cm³/mol. The summed E-state index contributed by atoms with van der Waals surface area (Å²) in [6.07, 6.45) is 2.93. The van der Waals surface area contributed by atoms with Crippen molar-refractivity contribution >= 4 is 32.9 Å². The highest BCUT2D eigenvalue weighted by Crippen LogP contribution is 2.41. The number of para-hydroxylation sites is 1. The van der Waals surface area contributed by atoms with E-state index in [0.717, 1.165) is 0 Å². The summed E-state index contributed by atoms with van der Waals surface area (Å²) in [4.78, 5) is 29.8. The minimum Gasteiger partial charge on any atom is -0.493 e. The quantitative estimate of drug-likeness (QED) is 0.376. The molecule has 156 valence electrons. The molecule has 0 saturated carbocycles. The highest BCUT2D eigenvalue weighted by molar-refractivity contribution is 9.10. The van der Waals surface area contributed by atoms with Crippen LogP contribution in [0.3, 0.4) is 0 Å². The van der Waals surface area contributed by atoms with Crippen molar-refractivity contribution in [3.05, 3.63) is 81.2 Å². The lowest BCUT2D eigenvalue weighted by molar-refractivity contribution is 0.0731. The van der Waals surface area contributed by atoms with Crippen molar-refractivity contribution in [2.45, 2.75) is 0 Å². The molecule has 0 unspecified atom stereocenters. The molecule has 0 saturated heterocycles. The first-order chi connectivity index (χ1) is 15.0. The number of fused-ring (bicyclic) bond motifs is 1. The first-order valence-electron chi connectivity index (χ1n) is 9.13. The van der Waals surface area contributed by atoms with Crippen molar-refractivity contribution in [2.24, 2.45) is 0 Å². The van der Waals surface area contributed by atoms with Crippen molar-refractivity contribution < 1.29 is 23.4 Å². The van der Waals surface area contributed by atoms with Gasteiger partial charge in [-0.2, -0.15) is 0 Å². The van der Waals surface area contributed by atoms with Crippen LogP contribution in [0, 0.1) is 0 Å². The zero-order chi connectivity index (χ0) is 22.0. The summed E-state index contributed by atoms with van der Waals surface area (Å²) < 4.78 is 22.9. The zero-order valence-corrected chi connectivity index (χ0v) is 18.1. The summed E-state index contributed by atoms with van der Waals surface area (Å²) in [7, 11) is 3.01. The van der Waals surface area contributed by atoms with Crippen molar-refractivity contribution in [1.29, 1.82) is 0 Å². The number of methoxy groups -OCH3 is 2. The van der Waals surface area contributed by atoms with Crippen LogP contribution in [-0.4, -0.2) is 25.2 Å². The van der Waals surface area contributed by atoms with Gasteiger partial charge in [-0.15, -0.1) is 0 Å². The molecule has 2 aromatic carbocycles. The number of benzene rings is 2.